The normalized spacial score (nSPS) is 18.0. The Kier molecular flexibility index (Phi) is 7.55. The first-order valence-electron chi connectivity index (χ1n) is 11.6. The van der Waals surface area contributed by atoms with E-state index in [0.717, 1.165) is 37.1 Å². The van der Waals surface area contributed by atoms with E-state index in [4.69, 9.17) is 4.74 Å². The third-order valence-electron chi connectivity index (χ3n) is 6.63. The van der Waals surface area contributed by atoms with Crippen LogP contribution in [0.1, 0.15) is 30.0 Å². The first-order chi connectivity index (χ1) is 15.6. The lowest BCUT2D eigenvalue weighted by molar-refractivity contribution is -0.141. The van der Waals surface area contributed by atoms with Gasteiger partial charge >= 0.3 is 0 Å². The van der Waals surface area contributed by atoms with E-state index in [1.54, 1.807) is 0 Å². The van der Waals surface area contributed by atoms with Crippen LogP contribution in [-0.2, 0) is 14.3 Å². The number of hydrogen-bond acceptors (Lipinski definition) is 4. The molecule has 2 aromatic carbocycles. The first-order valence-corrected chi connectivity index (χ1v) is 11.6. The maximum Gasteiger partial charge on any atom is 0.237 e. The fourth-order valence-corrected chi connectivity index (χ4v) is 4.74. The quantitative estimate of drug-likeness (QED) is 0.700. The van der Waals surface area contributed by atoms with Crippen LogP contribution >= 0.6 is 0 Å². The van der Waals surface area contributed by atoms with E-state index in [-0.39, 0.29) is 23.8 Å². The zero-order valence-electron chi connectivity index (χ0n) is 18.9. The zero-order valence-corrected chi connectivity index (χ0v) is 18.9. The molecule has 0 aromatic heterocycles. The van der Waals surface area contributed by atoms with Crippen molar-refractivity contribution in [3.8, 4) is 0 Å². The molecule has 2 fully saturated rings. The van der Waals surface area contributed by atoms with E-state index < -0.39 is 0 Å². The van der Waals surface area contributed by atoms with Crippen molar-refractivity contribution >= 4 is 11.8 Å². The molecule has 0 N–H and O–H groups in total. The van der Waals surface area contributed by atoms with Gasteiger partial charge in [-0.05, 0) is 37.1 Å². The van der Waals surface area contributed by atoms with Gasteiger partial charge in [0.05, 0.1) is 25.8 Å². The Bertz CT molecular complexity index is 836. The van der Waals surface area contributed by atoms with Crippen molar-refractivity contribution < 1.29 is 14.3 Å². The summed E-state index contributed by atoms with van der Waals surface area (Å²) < 4.78 is 5.36. The number of morpholine rings is 1. The largest absolute Gasteiger partial charge is 0.378 e. The summed E-state index contributed by atoms with van der Waals surface area (Å²) in [4.78, 5) is 32.0. The van der Waals surface area contributed by atoms with Crippen LogP contribution in [0.15, 0.2) is 60.7 Å². The third kappa shape index (κ3) is 5.37. The van der Waals surface area contributed by atoms with Gasteiger partial charge in [-0.25, -0.2) is 0 Å². The molecule has 0 radical (unpaired) electrons. The predicted molar refractivity (Wildman–Crippen MR) is 124 cm³/mol. The van der Waals surface area contributed by atoms with Gasteiger partial charge < -0.3 is 14.5 Å². The number of benzene rings is 2. The Labute approximate surface area is 190 Å². The Hall–Kier alpha value is -2.70. The molecule has 6 heteroatoms. The maximum absolute atomic E-state index is 13.3. The highest BCUT2D eigenvalue weighted by Gasteiger charge is 2.31. The van der Waals surface area contributed by atoms with Crippen LogP contribution in [0.25, 0.3) is 0 Å². The van der Waals surface area contributed by atoms with E-state index in [0.29, 0.717) is 32.8 Å². The van der Waals surface area contributed by atoms with Gasteiger partial charge in [0.15, 0.2) is 0 Å². The Morgan fingerprint density at radius 1 is 0.906 bits per heavy atom. The fourth-order valence-electron chi connectivity index (χ4n) is 4.74. The third-order valence-corrected chi connectivity index (χ3v) is 6.63. The highest BCUT2D eigenvalue weighted by atomic mass is 16.5. The second-order valence-electron chi connectivity index (χ2n) is 8.72. The minimum atomic E-state index is -0.120. The summed E-state index contributed by atoms with van der Waals surface area (Å²) in [5.74, 6) is 0.420. The van der Waals surface area contributed by atoms with E-state index in [1.807, 2.05) is 53.2 Å². The van der Waals surface area contributed by atoms with Crippen molar-refractivity contribution in [1.82, 2.24) is 14.7 Å². The molecule has 32 heavy (non-hydrogen) atoms. The van der Waals surface area contributed by atoms with Crippen molar-refractivity contribution in [2.75, 3.05) is 53.0 Å². The summed E-state index contributed by atoms with van der Waals surface area (Å²) in [7, 11) is 1.89. The molecular formula is C26H33N3O3. The van der Waals surface area contributed by atoms with Crippen LogP contribution < -0.4 is 0 Å². The molecule has 0 bridgehead atoms. The molecule has 170 valence electrons. The average Bonchev–Trinajstić information content (AvgIpc) is 2.86. The number of likely N-dealkylation sites (tertiary alicyclic amines) is 1. The number of ether oxygens (including phenoxy) is 1. The lowest BCUT2D eigenvalue weighted by Gasteiger charge is -2.36. The summed E-state index contributed by atoms with van der Waals surface area (Å²) in [5.41, 5.74) is 2.20. The Morgan fingerprint density at radius 3 is 1.97 bits per heavy atom. The highest BCUT2D eigenvalue weighted by Crippen LogP contribution is 2.28. The molecule has 4 rings (SSSR count). The predicted octanol–water partition coefficient (Wildman–Crippen LogP) is 2.81. The molecule has 0 aliphatic carbocycles. The van der Waals surface area contributed by atoms with E-state index in [1.165, 1.54) is 0 Å². The summed E-state index contributed by atoms with van der Waals surface area (Å²) in [5, 5.41) is 0. The average molecular weight is 436 g/mol. The first kappa shape index (κ1) is 22.5. The lowest BCUT2D eigenvalue weighted by atomic mass is 9.94. The number of piperidine rings is 1. The molecule has 6 nitrogen and oxygen atoms in total. The number of carbonyl (C=O) groups excluding carboxylic acids is 2. The van der Waals surface area contributed by atoms with Gasteiger partial charge in [0.1, 0.15) is 0 Å². The van der Waals surface area contributed by atoms with E-state index in [9.17, 15) is 9.59 Å². The van der Waals surface area contributed by atoms with Crippen molar-refractivity contribution in [2.24, 2.45) is 5.92 Å². The van der Waals surface area contributed by atoms with Crippen LogP contribution in [0.4, 0.5) is 0 Å². The Morgan fingerprint density at radius 2 is 1.44 bits per heavy atom. The smallest absolute Gasteiger partial charge is 0.237 e. The van der Waals surface area contributed by atoms with Gasteiger partial charge in [-0.3, -0.25) is 14.5 Å². The summed E-state index contributed by atoms with van der Waals surface area (Å²) >= 11 is 0. The number of likely N-dealkylation sites (N-methyl/N-ethyl adjacent to an activating group) is 1. The number of amides is 2. The molecule has 0 atom stereocenters. The van der Waals surface area contributed by atoms with Crippen LogP contribution in [0.5, 0.6) is 0 Å². The second kappa shape index (κ2) is 10.7. The number of hydrogen-bond donors (Lipinski definition) is 0. The van der Waals surface area contributed by atoms with Gasteiger partial charge in [-0.1, -0.05) is 60.7 Å². The molecule has 2 aliphatic heterocycles. The minimum Gasteiger partial charge on any atom is -0.378 e. The van der Waals surface area contributed by atoms with Gasteiger partial charge in [0, 0.05) is 26.1 Å². The topological polar surface area (TPSA) is 53.1 Å². The van der Waals surface area contributed by atoms with Crippen molar-refractivity contribution in [3.63, 3.8) is 0 Å². The number of carbonyl (C=O) groups is 2. The molecule has 2 aromatic rings. The molecule has 2 saturated heterocycles. The van der Waals surface area contributed by atoms with Crippen molar-refractivity contribution in [2.45, 2.75) is 18.9 Å². The minimum absolute atomic E-state index is 0.0681. The van der Waals surface area contributed by atoms with Gasteiger partial charge in [-0.15, -0.1) is 0 Å². The molecule has 2 amide bonds. The zero-order chi connectivity index (χ0) is 22.3. The van der Waals surface area contributed by atoms with Crippen molar-refractivity contribution in [1.29, 1.82) is 0 Å². The molecule has 0 spiro atoms. The molecule has 2 heterocycles. The van der Waals surface area contributed by atoms with E-state index >= 15 is 0 Å². The molecular weight excluding hydrogens is 402 g/mol. The van der Waals surface area contributed by atoms with Crippen LogP contribution in [-0.4, -0.2) is 79.5 Å². The maximum atomic E-state index is 13.3. The number of rotatable bonds is 6. The number of nitrogens with zero attached hydrogens (tertiary/aromatic N) is 3. The van der Waals surface area contributed by atoms with Gasteiger partial charge in [0.2, 0.25) is 11.8 Å². The van der Waals surface area contributed by atoms with E-state index in [2.05, 4.69) is 29.2 Å². The van der Waals surface area contributed by atoms with Crippen molar-refractivity contribution in [3.05, 3.63) is 71.8 Å². The van der Waals surface area contributed by atoms with Crippen LogP contribution in [0.2, 0.25) is 0 Å². The van der Waals surface area contributed by atoms with Gasteiger partial charge in [0.25, 0.3) is 0 Å². The van der Waals surface area contributed by atoms with Crippen LogP contribution in [0, 0.1) is 5.92 Å². The Balaban J connectivity index is 1.36. The lowest BCUT2D eigenvalue weighted by Crippen LogP contribution is -2.48. The molecule has 2 aliphatic rings. The summed E-state index contributed by atoms with van der Waals surface area (Å²) in [6.45, 7) is 4.60. The summed E-state index contributed by atoms with van der Waals surface area (Å²) in [6, 6.07) is 20.2. The second-order valence-corrected chi connectivity index (χ2v) is 8.72. The molecule has 0 unspecified atom stereocenters. The van der Waals surface area contributed by atoms with Gasteiger partial charge in [-0.2, -0.15) is 0 Å². The standard InChI is InChI=1S/C26H33N3O3/c1-27(25(21-8-4-2-5-9-21)22-10-6-3-7-11-22)24(30)20-28-14-12-23(13-15-28)26(31)29-16-18-32-19-17-29/h2-11,23,25H,12-20H2,1H3. The SMILES string of the molecule is CN(C(=O)CN1CCC(C(=O)N2CCOCC2)CC1)C(c1ccccc1)c1ccccc1. The highest BCUT2D eigenvalue weighted by molar-refractivity contribution is 5.80. The monoisotopic (exact) mass is 435 g/mol. The summed E-state index contributed by atoms with van der Waals surface area (Å²) in [6.07, 6.45) is 1.63. The molecule has 0 saturated carbocycles. The fraction of sp³-hybridized carbons (Fsp3) is 0.462. The van der Waals surface area contributed by atoms with Crippen LogP contribution in [0.3, 0.4) is 0 Å².